The number of hydrogen-bond donors (Lipinski definition) is 3. The lowest BCUT2D eigenvalue weighted by molar-refractivity contribution is -0.143. The van der Waals surface area contributed by atoms with Crippen molar-refractivity contribution in [2.75, 3.05) is 13.2 Å². The number of carbonyl (C=O) groups is 2. The van der Waals surface area contributed by atoms with Crippen LogP contribution in [0.1, 0.15) is 290 Å². The predicted molar refractivity (Wildman–Crippen MR) is 282 cm³/mol. The van der Waals surface area contributed by atoms with Gasteiger partial charge in [0.25, 0.3) is 0 Å². The third kappa shape index (κ3) is 51.1. The highest BCUT2D eigenvalue weighted by molar-refractivity contribution is 5.76. The van der Waals surface area contributed by atoms with Crippen LogP contribution in [0.15, 0.2) is 48.6 Å². The molecule has 0 aliphatic heterocycles. The fourth-order valence-electron chi connectivity index (χ4n) is 8.42. The molecule has 0 radical (unpaired) electrons. The summed E-state index contributed by atoms with van der Waals surface area (Å²) in [5, 5.41) is 22.9. The standard InChI is InChI=1S/C59H109NO5/c1-3-5-7-9-11-13-14-15-16-17-20-24-27-30-33-37-41-45-49-53-59(64)65-54-50-46-42-38-34-31-28-25-22-19-18-21-23-26-29-32-36-40-44-48-52-58(63)60-56(55-61)57(62)51-47-43-39-35-12-10-8-6-4-2/h11,13,15-16,18,21,47,51,56-57,61-62H,3-10,12,14,17,19-20,22-46,48-50,52-55H2,1-2H3,(H,60,63)/b13-11-,16-15-,21-18-,51-47+. The second-order valence-corrected chi connectivity index (χ2v) is 19.3. The third-order valence-corrected chi connectivity index (χ3v) is 12.8. The number of ether oxygens (including phenoxy) is 1. The Morgan fingerprint density at radius 2 is 0.769 bits per heavy atom. The average Bonchev–Trinajstić information content (AvgIpc) is 3.31. The zero-order chi connectivity index (χ0) is 47.2. The van der Waals surface area contributed by atoms with E-state index in [4.69, 9.17) is 4.74 Å². The molecule has 380 valence electrons. The first-order chi connectivity index (χ1) is 32.0. The van der Waals surface area contributed by atoms with Gasteiger partial charge in [-0.3, -0.25) is 9.59 Å². The van der Waals surface area contributed by atoms with Gasteiger partial charge in [-0.25, -0.2) is 0 Å². The van der Waals surface area contributed by atoms with Gasteiger partial charge in [0.05, 0.1) is 25.4 Å². The smallest absolute Gasteiger partial charge is 0.305 e. The summed E-state index contributed by atoms with van der Waals surface area (Å²) in [7, 11) is 0. The number of rotatable bonds is 52. The molecule has 2 unspecified atom stereocenters. The van der Waals surface area contributed by atoms with Gasteiger partial charge >= 0.3 is 5.97 Å². The summed E-state index contributed by atoms with van der Waals surface area (Å²) in [4.78, 5) is 24.5. The van der Waals surface area contributed by atoms with Crippen molar-refractivity contribution >= 4 is 11.9 Å². The van der Waals surface area contributed by atoms with E-state index in [9.17, 15) is 19.8 Å². The topological polar surface area (TPSA) is 95.9 Å². The van der Waals surface area contributed by atoms with Crippen LogP contribution in [0.5, 0.6) is 0 Å². The van der Waals surface area contributed by atoms with E-state index in [1.54, 1.807) is 6.08 Å². The summed E-state index contributed by atoms with van der Waals surface area (Å²) >= 11 is 0. The van der Waals surface area contributed by atoms with E-state index in [2.05, 4.69) is 55.6 Å². The largest absolute Gasteiger partial charge is 0.466 e. The first-order valence-corrected chi connectivity index (χ1v) is 28.4. The van der Waals surface area contributed by atoms with Gasteiger partial charge in [-0.05, 0) is 89.9 Å². The normalized spacial score (nSPS) is 13.0. The Labute approximate surface area is 404 Å². The lowest BCUT2D eigenvalue weighted by Gasteiger charge is -2.20. The summed E-state index contributed by atoms with van der Waals surface area (Å²) in [6.45, 7) is 4.84. The van der Waals surface area contributed by atoms with Crippen molar-refractivity contribution in [2.45, 2.75) is 302 Å². The van der Waals surface area contributed by atoms with Crippen molar-refractivity contribution in [3.63, 3.8) is 0 Å². The van der Waals surface area contributed by atoms with Gasteiger partial charge in [-0.1, -0.05) is 236 Å². The number of allylic oxidation sites excluding steroid dienone is 7. The Morgan fingerprint density at radius 3 is 1.22 bits per heavy atom. The molecule has 3 N–H and O–H groups in total. The summed E-state index contributed by atoms with van der Waals surface area (Å²) < 4.78 is 5.49. The Morgan fingerprint density at radius 1 is 0.431 bits per heavy atom. The number of unbranched alkanes of at least 4 members (excludes halogenated alkanes) is 35. The second kappa shape index (κ2) is 54.4. The SMILES string of the molecule is CCCCC/C=C\C/C=C\CCCCCCCCCCCC(=O)OCCCCCCCCCCC/C=C\CCCCCCCCCC(=O)NC(CO)C(O)/C=C/CCCCCCCCC. The highest BCUT2D eigenvalue weighted by Gasteiger charge is 2.18. The minimum atomic E-state index is -0.848. The molecule has 0 rings (SSSR count). The molecule has 6 heteroatoms. The summed E-state index contributed by atoms with van der Waals surface area (Å²) in [6, 6.07) is -0.633. The highest BCUT2D eigenvalue weighted by atomic mass is 16.5. The van der Waals surface area contributed by atoms with E-state index in [1.807, 2.05) is 6.08 Å². The van der Waals surface area contributed by atoms with Crippen LogP contribution in [0.3, 0.4) is 0 Å². The molecule has 0 aromatic carbocycles. The molecule has 0 spiro atoms. The van der Waals surface area contributed by atoms with Crippen molar-refractivity contribution < 1.29 is 24.5 Å². The average molecular weight is 913 g/mol. The lowest BCUT2D eigenvalue weighted by Crippen LogP contribution is -2.45. The molecule has 0 saturated carbocycles. The Hall–Kier alpha value is -2.18. The minimum Gasteiger partial charge on any atom is -0.466 e. The van der Waals surface area contributed by atoms with Gasteiger partial charge < -0.3 is 20.3 Å². The lowest BCUT2D eigenvalue weighted by atomic mass is 10.1. The van der Waals surface area contributed by atoms with Crippen LogP contribution in [-0.2, 0) is 14.3 Å². The Kier molecular flexibility index (Phi) is 52.6. The molecule has 6 nitrogen and oxygen atoms in total. The number of aliphatic hydroxyl groups excluding tert-OH is 2. The van der Waals surface area contributed by atoms with Crippen molar-refractivity contribution in [2.24, 2.45) is 0 Å². The minimum absolute atomic E-state index is 0.000921. The van der Waals surface area contributed by atoms with Crippen LogP contribution in [0.2, 0.25) is 0 Å². The highest BCUT2D eigenvalue weighted by Crippen LogP contribution is 2.15. The summed E-state index contributed by atoms with van der Waals surface area (Å²) in [6.07, 6.45) is 68.5. The molecule has 2 atom stereocenters. The van der Waals surface area contributed by atoms with Gasteiger partial charge in [0.1, 0.15) is 0 Å². The maximum atomic E-state index is 12.4. The van der Waals surface area contributed by atoms with Crippen molar-refractivity contribution in [1.82, 2.24) is 5.32 Å². The molecule has 0 aliphatic rings. The number of aliphatic hydroxyl groups is 2. The molecule has 0 aromatic rings. The first-order valence-electron chi connectivity index (χ1n) is 28.4. The van der Waals surface area contributed by atoms with Crippen LogP contribution < -0.4 is 5.32 Å². The number of hydrogen-bond acceptors (Lipinski definition) is 5. The van der Waals surface area contributed by atoms with Gasteiger partial charge in [0.15, 0.2) is 0 Å². The van der Waals surface area contributed by atoms with Gasteiger partial charge in [0, 0.05) is 12.8 Å². The molecule has 0 fully saturated rings. The molecular formula is C59H109NO5. The quantitative estimate of drug-likeness (QED) is 0.0321. The monoisotopic (exact) mass is 912 g/mol. The fraction of sp³-hybridized carbons (Fsp3) is 0.831. The second-order valence-electron chi connectivity index (χ2n) is 19.3. The van der Waals surface area contributed by atoms with E-state index in [0.29, 0.717) is 19.4 Å². The van der Waals surface area contributed by atoms with Crippen LogP contribution in [-0.4, -0.2) is 47.4 Å². The predicted octanol–water partition coefficient (Wildman–Crippen LogP) is 17.4. The molecule has 0 aliphatic carbocycles. The summed E-state index contributed by atoms with van der Waals surface area (Å²) in [5.74, 6) is -0.0793. The van der Waals surface area contributed by atoms with Gasteiger partial charge in [-0.15, -0.1) is 0 Å². The Balaban J connectivity index is 3.41. The van der Waals surface area contributed by atoms with E-state index < -0.39 is 12.1 Å². The number of nitrogens with one attached hydrogen (secondary N) is 1. The maximum Gasteiger partial charge on any atom is 0.305 e. The van der Waals surface area contributed by atoms with E-state index >= 15 is 0 Å². The molecule has 65 heavy (non-hydrogen) atoms. The molecular weight excluding hydrogens is 803 g/mol. The number of esters is 1. The molecule has 0 saturated heterocycles. The van der Waals surface area contributed by atoms with E-state index in [1.165, 1.54) is 205 Å². The van der Waals surface area contributed by atoms with Crippen LogP contribution in [0.4, 0.5) is 0 Å². The molecule has 0 bridgehead atoms. The van der Waals surface area contributed by atoms with Crippen LogP contribution >= 0.6 is 0 Å². The van der Waals surface area contributed by atoms with E-state index in [-0.39, 0.29) is 18.5 Å². The molecule has 0 heterocycles. The van der Waals surface area contributed by atoms with Crippen molar-refractivity contribution in [1.29, 1.82) is 0 Å². The Bertz CT molecular complexity index is 1100. The van der Waals surface area contributed by atoms with Gasteiger partial charge in [-0.2, -0.15) is 0 Å². The third-order valence-electron chi connectivity index (χ3n) is 12.8. The zero-order valence-corrected chi connectivity index (χ0v) is 43.2. The molecule has 0 aromatic heterocycles. The van der Waals surface area contributed by atoms with Crippen LogP contribution in [0.25, 0.3) is 0 Å². The van der Waals surface area contributed by atoms with E-state index in [0.717, 1.165) is 57.8 Å². The zero-order valence-electron chi connectivity index (χ0n) is 43.2. The molecule has 1 amide bonds. The number of carbonyl (C=O) groups excluding carboxylic acids is 2. The van der Waals surface area contributed by atoms with Crippen molar-refractivity contribution in [3.05, 3.63) is 48.6 Å². The van der Waals surface area contributed by atoms with Gasteiger partial charge in [0.2, 0.25) is 5.91 Å². The summed E-state index contributed by atoms with van der Waals surface area (Å²) in [5.41, 5.74) is 0. The number of amides is 1. The fourth-order valence-corrected chi connectivity index (χ4v) is 8.42. The maximum absolute atomic E-state index is 12.4. The van der Waals surface area contributed by atoms with Crippen LogP contribution in [0, 0.1) is 0 Å². The van der Waals surface area contributed by atoms with Crippen molar-refractivity contribution in [3.8, 4) is 0 Å². The first kappa shape index (κ1) is 62.8.